The molecular formula is C15H24N2. The molecule has 94 valence electrons. The summed E-state index contributed by atoms with van der Waals surface area (Å²) in [5.41, 5.74) is 4.26. The Morgan fingerprint density at radius 2 is 2.12 bits per heavy atom. The average Bonchev–Trinajstić information content (AvgIpc) is 2.76. The number of hydrogen-bond acceptors (Lipinski definition) is 2. The van der Waals surface area contributed by atoms with Gasteiger partial charge in [0, 0.05) is 25.2 Å². The molecule has 2 unspecified atom stereocenters. The van der Waals surface area contributed by atoms with E-state index in [9.17, 15) is 0 Å². The van der Waals surface area contributed by atoms with E-state index >= 15 is 0 Å². The van der Waals surface area contributed by atoms with Crippen molar-refractivity contribution in [2.45, 2.75) is 39.3 Å². The van der Waals surface area contributed by atoms with Crippen molar-refractivity contribution in [3.63, 3.8) is 0 Å². The Kier molecular flexibility index (Phi) is 3.85. The lowest BCUT2D eigenvalue weighted by Gasteiger charge is -2.26. The summed E-state index contributed by atoms with van der Waals surface area (Å²) in [6, 6.07) is 8.02. The van der Waals surface area contributed by atoms with Gasteiger partial charge in [0.1, 0.15) is 0 Å². The lowest BCUT2D eigenvalue weighted by Crippen LogP contribution is -2.31. The van der Waals surface area contributed by atoms with Crippen molar-refractivity contribution in [1.82, 2.24) is 10.2 Å². The van der Waals surface area contributed by atoms with Gasteiger partial charge in [0.05, 0.1) is 0 Å². The lowest BCUT2D eigenvalue weighted by molar-refractivity contribution is 0.256. The van der Waals surface area contributed by atoms with Crippen molar-refractivity contribution < 1.29 is 0 Å². The summed E-state index contributed by atoms with van der Waals surface area (Å²) in [5, 5.41) is 3.38. The predicted octanol–water partition coefficient (Wildman–Crippen LogP) is 2.66. The Morgan fingerprint density at radius 1 is 1.35 bits per heavy atom. The van der Waals surface area contributed by atoms with Gasteiger partial charge in [-0.2, -0.15) is 0 Å². The Morgan fingerprint density at radius 3 is 2.71 bits per heavy atom. The second kappa shape index (κ2) is 5.19. The fourth-order valence-electron chi connectivity index (χ4n) is 2.87. The molecule has 0 saturated carbocycles. The lowest BCUT2D eigenvalue weighted by atomic mass is 9.99. The van der Waals surface area contributed by atoms with Crippen LogP contribution in [0.4, 0.5) is 0 Å². The maximum absolute atomic E-state index is 3.38. The van der Waals surface area contributed by atoms with E-state index in [0.717, 1.165) is 0 Å². The number of rotatable bonds is 3. The second-order valence-electron chi connectivity index (χ2n) is 5.31. The number of likely N-dealkylation sites (tertiary alicyclic amines) is 1. The highest BCUT2D eigenvalue weighted by Crippen LogP contribution is 2.27. The molecule has 0 spiro atoms. The predicted molar refractivity (Wildman–Crippen MR) is 73.4 cm³/mol. The fourth-order valence-corrected chi connectivity index (χ4v) is 2.87. The number of benzene rings is 1. The Hall–Kier alpha value is -0.860. The molecule has 2 heteroatoms. The van der Waals surface area contributed by atoms with E-state index in [2.05, 4.69) is 56.2 Å². The summed E-state index contributed by atoms with van der Waals surface area (Å²) in [6.45, 7) is 9.10. The molecule has 17 heavy (non-hydrogen) atoms. The number of hydrogen-bond donors (Lipinski definition) is 1. The van der Waals surface area contributed by atoms with Crippen molar-refractivity contribution in [2.24, 2.45) is 0 Å². The molecule has 1 aromatic rings. The second-order valence-corrected chi connectivity index (χ2v) is 5.31. The van der Waals surface area contributed by atoms with Crippen molar-refractivity contribution >= 4 is 0 Å². The van der Waals surface area contributed by atoms with Crippen LogP contribution in [0.1, 0.15) is 36.1 Å². The zero-order valence-electron chi connectivity index (χ0n) is 11.5. The molecule has 0 aliphatic carbocycles. The summed E-state index contributed by atoms with van der Waals surface area (Å²) >= 11 is 0. The summed E-state index contributed by atoms with van der Waals surface area (Å²) in [6.07, 6.45) is 1.27. The van der Waals surface area contributed by atoms with E-state index in [1.165, 1.54) is 36.2 Å². The third kappa shape index (κ3) is 2.70. The molecule has 0 amide bonds. The van der Waals surface area contributed by atoms with E-state index in [4.69, 9.17) is 0 Å². The van der Waals surface area contributed by atoms with Gasteiger partial charge in [0.2, 0.25) is 0 Å². The van der Waals surface area contributed by atoms with Gasteiger partial charge in [0.15, 0.2) is 0 Å². The van der Waals surface area contributed by atoms with E-state index in [1.54, 1.807) is 0 Å². The van der Waals surface area contributed by atoms with Crippen LogP contribution in [0.25, 0.3) is 0 Å². The van der Waals surface area contributed by atoms with Crippen LogP contribution in [0.3, 0.4) is 0 Å². The standard InChI is InChI=1S/C15H24N2/c1-11-5-6-15(12(2)9-11)13(3)17-8-7-14(10-17)16-4/h5-6,9,13-14,16H,7-8,10H2,1-4H3. The molecule has 2 rings (SSSR count). The quantitative estimate of drug-likeness (QED) is 0.862. The molecule has 2 atom stereocenters. The minimum Gasteiger partial charge on any atom is -0.316 e. The van der Waals surface area contributed by atoms with E-state index in [-0.39, 0.29) is 0 Å². The Bertz CT molecular complexity index is 387. The third-order valence-corrected chi connectivity index (χ3v) is 4.05. The van der Waals surface area contributed by atoms with Crippen LogP contribution in [0.5, 0.6) is 0 Å². The molecule has 2 nitrogen and oxygen atoms in total. The van der Waals surface area contributed by atoms with Gasteiger partial charge in [-0.05, 0) is 45.4 Å². The Labute approximate surface area is 105 Å². The zero-order chi connectivity index (χ0) is 12.4. The van der Waals surface area contributed by atoms with Crippen molar-refractivity contribution in [2.75, 3.05) is 20.1 Å². The normalized spacial score (nSPS) is 22.9. The number of nitrogens with one attached hydrogen (secondary N) is 1. The van der Waals surface area contributed by atoms with Crippen molar-refractivity contribution in [1.29, 1.82) is 0 Å². The molecule has 0 bridgehead atoms. The fraction of sp³-hybridized carbons (Fsp3) is 0.600. The molecule has 1 saturated heterocycles. The van der Waals surface area contributed by atoms with Gasteiger partial charge >= 0.3 is 0 Å². The largest absolute Gasteiger partial charge is 0.316 e. The Balaban J connectivity index is 2.12. The van der Waals surface area contributed by atoms with Gasteiger partial charge < -0.3 is 5.32 Å². The molecule has 0 radical (unpaired) electrons. The minimum absolute atomic E-state index is 0.536. The average molecular weight is 232 g/mol. The highest BCUT2D eigenvalue weighted by molar-refractivity contribution is 5.32. The molecule has 1 heterocycles. The molecule has 1 fully saturated rings. The molecule has 1 N–H and O–H groups in total. The highest BCUT2D eigenvalue weighted by atomic mass is 15.2. The van der Waals surface area contributed by atoms with Crippen LogP contribution in [0.15, 0.2) is 18.2 Å². The topological polar surface area (TPSA) is 15.3 Å². The molecule has 1 aliphatic rings. The SMILES string of the molecule is CNC1CCN(C(C)c2ccc(C)cc2C)C1. The molecular weight excluding hydrogens is 208 g/mol. The van der Waals surface area contributed by atoms with Crippen LogP contribution in [-0.2, 0) is 0 Å². The van der Waals surface area contributed by atoms with Crippen LogP contribution in [0, 0.1) is 13.8 Å². The zero-order valence-corrected chi connectivity index (χ0v) is 11.5. The first-order valence-corrected chi connectivity index (χ1v) is 6.60. The van der Waals surface area contributed by atoms with Crippen LogP contribution >= 0.6 is 0 Å². The number of aryl methyl sites for hydroxylation is 2. The highest BCUT2D eigenvalue weighted by Gasteiger charge is 2.26. The van der Waals surface area contributed by atoms with Gasteiger partial charge in [-0.15, -0.1) is 0 Å². The summed E-state index contributed by atoms with van der Waals surface area (Å²) in [7, 11) is 2.07. The van der Waals surface area contributed by atoms with E-state index < -0.39 is 0 Å². The van der Waals surface area contributed by atoms with Crippen LogP contribution in [-0.4, -0.2) is 31.1 Å². The first-order valence-electron chi connectivity index (χ1n) is 6.60. The van der Waals surface area contributed by atoms with Crippen molar-refractivity contribution in [3.8, 4) is 0 Å². The minimum atomic E-state index is 0.536. The van der Waals surface area contributed by atoms with E-state index in [1.807, 2.05) is 0 Å². The maximum Gasteiger partial charge on any atom is 0.0323 e. The van der Waals surface area contributed by atoms with Gasteiger partial charge in [-0.1, -0.05) is 23.8 Å². The first-order chi connectivity index (χ1) is 8.11. The molecule has 0 aromatic heterocycles. The monoisotopic (exact) mass is 232 g/mol. The molecule has 1 aromatic carbocycles. The number of likely N-dealkylation sites (N-methyl/N-ethyl adjacent to an activating group) is 1. The van der Waals surface area contributed by atoms with Gasteiger partial charge in [0.25, 0.3) is 0 Å². The summed E-state index contributed by atoms with van der Waals surface area (Å²) in [4.78, 5) is 2.58. The van der Waals surface area contributed by atoms with E-state index in [0.29, 0.717) is 12.1 Å². The van der Waals surface area contributed by atoms with Gasteiger partial charge in [-0.3, -0.25) is 4.90 Å². The third-order valence-electron chi connectivity index (χ3n) is 4.05. The van der Waals surface area contributed by atoms with Crippen LogP contribution in [0.2, 0.25) is 0 Å². The maximum atomic E-state index is 3.38. The molecule has 1 aliphatic heterocycles. The summed E-state index contributed by atoms with van der Waals surface area (Å²) < 4.78 is 0. The number of nitrogens with zero attached hydrogens (tertiary/aromatic N) is 1. The summed E-state index contributed by atoms with van der Waals surface area (Å²) in [5.74, 6) is 0. The first kappa shape index (κ1) is 12.6. The van der Waals surface area contributed by atoms with Crippen LogP contribution < -0.4 is 5.32 Å². The smallest absolute Gasteiger partial charge is 0.0323 e. The van der Waals surface area contributed by atoms with Gasteiger partial charge in [-0.25, -0.2) is 0 Å². The van der Waals surface area contributed by atoms with Crippen molar-refractivity contribution in [3.05, 3.63) is 34.9 Å².